The van der Waals surface area contributed by atoms with Crippen LogP contribution in [0.15, 0.2) is 12.7 Å². The summed E-state index contributed by atoms with van der Waals surface area (Å²) in [7, 11) is 0. The molecule has 0 N–H and O–H groups in total. The summed E-state index contributed by atoms with van der Waals surface area (Å²) in [5.74, 6) is 0. The third-order valence-electron chi connectivity index (χ3n) is 2.61. The second-order valence-electron chi connectivity index (χ2n) is 4.50. The molecule has 0 aliphatic carbocycles. The highest BCUT2D eigenvalue weighted by Crippen LogP contribution is 2.45. The molecule has 0 bridgehead atoms. The summed E-state index contributed by atoms with van der Waals surface area (Å²) in [5, 5.41) is 0. The fourth-order valence-electron chi connectivity index (χ4n) is 2.16. The third-order valence-corrected chi connectivity index (χ3v) is 2.61. The molecule has 0 amide bonds. The average molecular weight is 168 g/mol. The molecule has 2 saturated heterocycles. The van der Waals surface area contributed by atoms with Crippen LogP contribution >= 0.6 is 0 Å². The Hall–Kier alpha value is -0.340. The van der Waals surface area contributed by atoms with E-state index in [1.807, 2.05) is 6.08 Å². The van der Waals surface area contributed by atoms with Crippen molar-refractivity contribution in [2.75, 3.05) is 6.61 Å². The highest BCUT2D eigenvalue weighted by Gasteiger charge is 2.53. The molecule has 2 nitrogen and oxygen atoms in total. The predicted octanol–water partition coefficient (Wildman–Crippen LogP) is 1.90. The van der Waals surface area contributed by atoms with Crippen molar-refractivity contribution in [3.8, 4) is 0 Å². The lowest BCUT2D eigenvalue weighted by molar-refractivity contribution is -0.111. The van der Waals surface area contributed by atoms with E-state index in [0.29, 0.717) is 0 Å². The summed E-state index contributed by atoms with van der Waals surface area (Å²) in [6, 6.07) is 0. The van der Waals surface area contributed by atoms with Gasteiger partial charge in [-0.2, -0.15) is 0 Å². The largest absolute Gasteiger partial charge is 0.369 e. The fraction of sp³-hybridized carbons (Fsp3) is 0.800. The summed E-state index contributed by atoms with van der Waals surface area (Å²) in [5.41, 5.74) is 0.0915. The molecule has 2 aliphatic rings. The maximum Gasteiger partial charge on any atom is 0.0971 e. The minimum atomic E-state index is -0.0480. The predicted molar refractivity (Wildman–Crippen MR) is 47.1 cm³/mol. The van der Waals surface area contributed by atoms with E-state index in [1.165, 1.54) is 0 Å². The van der Waals surface area contributed by atoms with Crippen LogP contribution in [0.25, 0.3) is 0 Å². The lowest BCUT2D eigenvalue weighted by Gasteiger charge is -2.38. The zero-order valence-corrected chi connectivity index (χ0v) is 7.80. The quantitative estimate of drug-likeness (QED) is 0.440. The van der Waals surface area contributed by atoms with Crippen molar-refractivity contribution in [1.29, 1.82) is 0 Å². The summed E-state index contributed by atoms with van der Waals surface area (Å²) < 4.78 is 11.3. The Morgan fingerprint density at radius 2 is 2.17 bits per heavy atom. The number of ether oxygens (including phenoxy) is 2. The van der Waals surface area contributed by atoms with Gasteiger partial charge in [0.15, 0.2) is 0 Å². The molecule has 1 spiro atoms. The van der Waals surface area contributed by atoms with E-state index in [2.05, 4.69) is 20.4 Å². The van der Waals surface area contributed by atoms with Crippen LogP contribution in [-0.4, -0.2) is 23.9 Å². The molecule has 2 fully saturated rings. The van der Waals surface area contributed by atoms with Gasteiger partial charge in [0, 0.05) is 12.8 Å². The maximum atomic E-state index is 5.80. The molecule has 2 rings (SSSR count). The van der Waals surface area contributed by atoms with Gasteiger partial charge in [0.2, 0.25) is 0 Å². The molecule has 2 heteroatoms. The Morgan fingerprint density at radius 3 is 2.67 bits per heavy atom. The second-order valence-corrected chi connectivity index (χ2v) is 4.50. The number of rotatable bonds is 1. The van der Waals surface area contributed by atoms with Gasteiger partial charge in [0.1, 0.15) is 0 Å². The highest BCUT2D eigenvalue weighted by atomic mass is 16.6. The van der Waals surface area contributed by atoms with Gasteiger partial charge in [-0.05, 0) is 13.8 Å². The van der Waals surface area contributed by atoms with Crippen molar-refractivity contribution in [1.82, 2.24) is 0 Å². The first-order chi connectivity index (χ1) is 5.55. The number of epoxide rings is 1. The fourth-order valence-corrected chi connectivity index (χ4v) is 2.16. The topological polar surface area (TPSA) is 21.8 Å². The molecule has 12 heavy (non-hydrogen) atoms. The van der Waals surface area contributed by atoms with Crippen LogP contribution in [-0.2, 0) is 9.47 Å². The average Bonchev–Trinajstić information content (AvgIpc) is 2.65. The zero-order valence-electron chi connectivity index (χ0n) is 7.80. The molecule has 0 saturated carbocycles. The van der Waals surface area contributed by atoms with Crippen molar-refractivity contribution in [2.45, 2.75) is 44.0 Å². The standard InChI is InChI=1S/C10H16O2/c1-4-8-5-10(7-11-10)6-9(2,3)12-8/h4,8H,1,5-7H2,2-3H3. The molecule has 2 aliphatic heterocycles. The van der Waals surface area contributed by atoms with E-state index in [1.54, 1.807) is 0 Å². The summed E-state index contributed by atoms with van der Waals surface area (Å²) >= 11 is 0. The molecule has 2 atom stereocenters. The van der Waals surface area contributed by atoms with E-state index in [9.17, 15) is 0 Å². The molecule has 0 aromatic heterocycles. The van der Waals surface area contributed by atoms with Crippen molar-refractivity contribution in [3.63, 3.8) is 0 Å². The van der Waals surface area contributed by atoms with Crippen LogP contribution < -0.4 is 0 Å². The molecule has 0 radical (unpaired) electrons. The van der Waals surface area contributed by atoms with Crippen LogP contribution in [0.4, 0.5) is 0 Å². The van der Waals surface area contributed by atoms with Gasteiger partial charge in [-0.1, -0.05) is 6.08 Å². The van der Waals surface area contributed by atoms with Crippen LogP contribution in [0.3, 0.4) is 0 Å². The van der Waals surface area contributed by atoms with E-state index in [-0.39, 0.29) is 17.3 Å². The first kappa shape index (κ1) is 8.27. The zero-order chi connectivity index (χ0) is 8.82. The van der Waals surface area contributed by atoms with Gasteiger partial charge < -0.3 is 9.47 Å². The monoisotopic (exact) mass is 168 g/mol. The molecule has 0 aromatic carbocycles. The minimum Gasteiger partial charge on any atom is -0.369 e. The molecular weight excluding hydrogens is 152 g/mol. The molecule has 2 heterocycles. The van der Waals surface area contributed by atoms with Crippen molar-refractivity contribution >= 4 is 0 Å². The Bertz CT molecular complexity index is 198. The Morgan fingerprint density at radius 1 is 1.50 bits per heavy atom. The van der Waals surface area contributed by atoms with Gasteiger partial charge >= 0.3 is 0 Å². The van der Waals surface area contributed by atoms with Crippen molar-refractivity contribution < 1.29 is 9.47 Å². The van der Waals surface area contributed by atoms with Crippen molar-refractivity contribution in [3.05, 3.63) is 12.7 Å². The normalized spacial score (nSPS) is 44.3. The Labute approximate surface area is 73.5 Å². The molecule has 2 unspecified atom stereocenters. The Balaban J connectivity index is 2.10. The summed E-state index contributed by atoms with van der Waals surface area (Å²) in [6.07, 6.45) is 4.06. The summed E-state index contributed by atoms with van der Waals surface area (Å²) in [6.45, 7) is 8.90. The SMILES string of the molecule is C=CC1CC2(CO2)CC(C)(C)O1. The van der Waals surface area contributed by atoms with Gasteiger partial charge in [0.25, 0.3) is 0 Å². The smallest absolute Gasteiger partial charge is 0.0971 e. The van der Waals surface area contributed by atoms with Crippen LogP contribution in [0.1, 0.15) is 26.7 Å². The van der Waals surface area contributed by atoms with Crippen molar-refractivity contribution in [2.24, 2.45) is 0 Å². The number of hydrogen-bond donors (Lipinski definition) is 0. The van der Waals surface area contributed by atoms with E-state index in [4.69, 9.17) is 9.47 Å². The van der Waals surface area contributed by atoms with Gasteiger partial charge in [-0.15, -0.1) is 6.58 Å². The van der Waals surface area contributed by atoms with E-state index in [0.717, 1.165) is 19.4 Å². The van der Waals surface area contributed by atoms with Gasteiger partial charge in [0.05, 0.1) is 23.9 Å². The first-order valence-corrected chi connectivity index (χ1v) is 4.50. The summed E-state index contributed by atoms with van der Waals surface area (Å²) in [4.78, 5) is 0. The molecular formula is C10H16O2. The maximum absolute atomic E-state index is 5.80. The lowest BCUT2D eigenvalue weighted by atomic mass is 9.86. The third kappa shape index (κ3) is 1.41. The minimum absolute atomic E-state index is 0.0480. The molecule has 0 aromatic rings. The van der Waals surface area contributed by atoms with Gasteiger partial charge in [-0.3, -0.25) is 0 Å². The van der Waals surface area contributed by atoms with Crippen LogP contribution in [0.5, 0.6) is 0 Å². The Kier molecular flexibility index (Phi) is 1.61. The lowest BCUT2D eigenvalue weighted by Crippen LogP contribution is -2.43. The van der Waals surface area contributed by atoms with Crippen LogP contribution in [0, 0.1) is 0 Å². The van der Waals surface area contributed by atoms with E-state index >= 15 is 0 Å². The first-order valence-electron chi connectivity index (χ1n) is 4.50. The highest BCUT2D eigenvalue weighted by molar-refractivity contribution is 5.05. The number of hydrogen-bond acceptors (Lipinski definition) is 2. The van der Waals surface area contributed by atoms with Crippen LogP contribution in [0.2, 0.25) is 0 Å². The second kappa shape index (κ2) is 2.33. The van der Waals surface area contributed by atoms with Gasteiger partial charge in [-0.25, -0.2) is 0 Å². The van der Waals surface area contributed by atoms with E-state index < -0.39 is 0 Å². The molecule has 68 valence electrons.